The van der Waals surface area contributed by atoms with E-state index >= 15 is 0 Å². The van der Waals surface area contributed by atoms with Crippen molar-refractivity contribution in [2.75, 3.05) is 12.5 Å². The molecule has 0 unspecified atom stereocenters. The van der Waals surface area contributed by atoms with E-state index in [-0.39, 0.29) is 0 Å². The van der Waals surface area contributed by atoms with Gasteiger partial charge in [0, 0.05) is 5.56 Å². The van der Waals surface area contributed by atoms with Crippen LogP contribution in [0, 0.1) is 0 Å². The van der Waals surface area contributed by atoms with Gasteiger partial charge in [0.15, 0.2) is 0 Å². The molecule has 1 nitrogen and oxygen atoms in total. The van der Waals surface area contributed by atoms with Gasteiger partial charge in [-0.15, -0.1) is 0 Å². The summed E-state index contributed by atoms with van der Waals surface area (Å²) in [6, 6.07) is -0.112. The molecule has 5 aromatic rings. The third-order valence-electron chi connectivity index (χ3n) is 11.7. The molecule has 0 spiro atoms. The van der Waals surface area contributed by atoms with Crippen molar-refractivity contribution in [3.63, 3.8) is 0 Å². The van der Waals surface area contributed by atoms with Crippen molar-refractivity contribution in [1.29, 1.82) is 0 Å². The van der Waals surface area contributed by atoms with Gasteiger partial charge in [0.25, 0.3) is 0 Å². The molecule has 0 atom stereocenters. The van der Waals surface area contributed by atoms with Crippen LogP contribution in [-0.4, -0.2) is 24.8 Å². The lowest BCUT2D eigenvalue weighted by molar-refractivity contribution is -0.144. The molecule has 0 amide bonds. The van der Waals surface area contributed by atoms with Gasteiger partial charge in [-0.1, -0.05) is 67.1 Å². The highest BCUT2D eigenvalue weighted by atomic mass is 32.2. The van der Waals surface area contributed by atoms with Gasteiger partial charge in [-0.2, -0.15) is 127 Å². The van der Waals surface area contributed by atoms with Crippen LogP contribution in [-0.2, 0) is 66.1 Å². The number of hydrogen-bond donors (Lipinski definition) is 0. The van der Waals surface area contributed by atoms with Crippen LogP contribution in [0.5, 0.6) is 5.75 Å². The van der Waals surface area contributed by atoms with Crippen LogP contribution in [0.15, 0.2) is 97.1 Å². The molecule has 1 aliphatic carbocycles. The third kappa shape index (κ3) is 14.5. The maximum absolute atomic E-state index is 14.2. The molecule has 406 valence electrons. The quantitative estimate of drug-likeness (QED) is 0.0855. The Morgan fingerprint density at radius 1 is 0.365 bits per heavy atom. The second-order valence-electron chi connectivity index (χ2n) is 17.4. The first-order valence-electron chi connectivity index (χ1n) is 21.2. The molecule has 0 heterocycles. The molecule has 0 radical (unpaired) electrons. The molecule has 6 rings (SSSR count). The number of benzene rings is 5. The first-order chi connectivity index (χ1) is 33.5. The van der Waals surface area contributed by atoms with E-state index < -0.39 is 195 Å². The van der Waals surface area contributed by atoms with Crippen LogP contribution in [0.3, 0.4) is 0 Å². The van der Waals surface area contributed by atoms with Gasteiger partial charge in [-0.3, -0.25) is 0 Å². The Bertz CT molecular complexity index is 2300. The lowest BCUT2D eigenvalue weighted by Gasteiger charge is -2.46. The highest BCUT2D eigenvalue weighted by Gasteiger charge is 2.47. The molecule has 5 aromatic carbocycles. The largest absolute Gasteiger partial charge is 0.490 e. The summed E-state index contributed by atoms with van der Waals surface area (Å²) in [5.74, 6) is 2.23. The van der Waals surface area contributed by atoms with E-state index in [1.807, 2.05) is 0 Å². The molecule has 27 heteroatoms. The maximum Gasteiger partial charge on any atom is 0.416 e. The smallest absolute Gasteiger partial charge is 0.416 e. The fourth-order valence-electron chi connectivity index (χ4n) is 8.44. The van der Waals surface area contributed by atoms with Gasteiger partial charge in [-0.25, -0.2) is 0 Å². The topological polar surface area (TPSA) is 9.23 Å². The van der Waals surface area contributed by atoms with Crippen molar-refractivity contribution in [3.8, 4) is 5.75 Å². The van der Waals surface area contributed by atoms with Crippen LogP contribution in [0.1, 0.15) is 82.2 Å². The van der Waals surface area contributed by atoms with Gasteiger partial charge in [0.05, 0.1) is 63.1 Å². The van der Waals surface area contributed by atoms with E-state index in [0.29, 0.717) is 17.0 Å². The number of halogens is 24. The molecular formula is C47H35BF24OS. The van der Waals surface area contributed by atoms with E-state index in [4.69, 9.17) is 4.74 Å². The summed E-state index contributed by atoms with van der Waals surface area (Å²) >= 11 is 0. The zero-order valence-electron chi connectivity index (χ0n) is 37.5. The molecular weight excluding hydrogens is 1080 g/mol. The van der Waals surface area contributed by atoms with Gasteiger partial charge in [0.1, 0.15) is 17.6 Å². The number of ether oxygens (including phenoxy) is 1. The van der Waals surface area contributed by atoms with Gasteiger partial charge in [-0.05, 0) is 73.0 Å². The minimum absolute atomic E-state index is 0.460. The minimum atomic E-state index is -6.13. The SMILES string of the molecule is C[S+](C)Cc1ccc(OC2CCCCC2)cc1.FC(F)(F)c1cc([B-](c2cc(C(F)(F)F)cc(C(F)(F)F)c2)(c2cc(C(F)(F)F)cc(C(F)(F)F)c2)c2cc(C(F)(F)F)cc(C(F)(F)F)c2)cc(C(F)(F)F)c1. The second kappa shape index (κ2) is 21.0. The molecule has 1 aliphatic rings. The molecule has 74 heavy (non-hydrogen) atoms. The zero-order valence-corrected chi connectivity index (χ0v) is 38.3. The van der Waals surface area contributed by atoms with Crippen molar-refractivity contribution in [2.45, 2.75) is 93.4 Å². The van der Waals surface area contributed by atoms with E-state index in [9.17, 15) is 105 Å². The van der Waals surface area contributed by atoms with Gasteiger partial charge >= 0.3 is 49.4 Å². The van der Waals surface area contributed by atoms with Gasteiger partial charge in [0.2, 0.25) is 0 Å². The molecule has 1 fully saturated rings. The van der Waals surface area contributed by atoms with Crippen LogP contribution in [0.4, 0.5) is 105 Å². The van der Waals surface area contributed by atoms with Crippen molar-refractivity contribution in [3.05, 3.63) is 147 Å². The van der Waals surface area contributed by atoms with Gasteiger partial charge < -0.3 is 4.74 Å². The lowest BCUT2D eigenvalue weighted by atomic mass is 9.12. The van der Waals surface area contributed by atoms with Crippen molar-refractivity contribution < 1.29 is 110 Å². The second-order valence-corrected chi connectivity index (χ2v) is 19.6. The molecule has 1 saturated carbocycles. The molecule has 0 aromatic heterocycles. The predicted octanol–water partition coefficient (Wildman–Crippen LogP) is 15.0. The fraction of sp³-hybridized carbons (Fsp3) is 0.362. The normalized spacial score (nSPS) is 15.0. The fourth-order valence-corrected chi connectivity index (χ4v) is 9.30. The van der Waals surface area contributed by atoms with E-state index in [1.54, 1.807) is 0 Å². The number of alkyl halides is 24. The highest BCUT2D eigenvalue weighted by molar-refractivity contribution is 7.94. The van der Waals surface area contributed by atoms with Crippen LogP contribution in [0.25, 0.3) is 0 Å². The average molecular weight is 1110 g/mol. The number of rotatable bonds is 8. The predicted molar refractivity (Wildman–Crippen MR) is 227 cm³/mol. The molecule has 0 saturated heterocycles. The average Bonchev–Trinajstić information content (AvgIpc) is 3.25. The van der Waals surface area contributed by atoms with E-state index in [1.165, 1.54) is 43.4 Å². The standard InChI is InChI=1S/C32H12BF24.C15H23OS/c34-25(35,36)13-1-14(26(37,38)39)6-21(5-13)33(22-7-15(27(40,41)42)2-16(8-22)28(43,44)45,23-9-17(29(46,47)48)3-18(10-23)30(49,50)51)24-11-19(31(52,53)54)4-20(12-24)32(55,56)57;1-17(2)12-13-8-10-15(11-9-13)16-14-6-4-3-5-7-14/h1-12H;8-11,14H,3-7,12H2,1-2H3/q-1;+1. The third-order valence-corrected chi connectivity index (χ3v) is 12.6. The summed E-state index contributed by atoms with van der Waals surface area (Å²) in [6.07, 6.45) is -43.3. The molecule has 0 bridgehead atoms. The first-order valence-corrected chi connectivity index (χ1v) is 23.4. The Balaban J connectivity index is 0.000000500. The summed E-state index contributed by atoms with van der Waals surface area (Å²) in [5, 5.41) is 0. The van der Waals surface area contributed by atoms with E-state index in [0.717, 1.165) is 5.75 Å². The maximum atomic E-state index is 14.2. The minimum Gasteiger partial charge on any atom is -0.490 e. The van der Waals surface area contributed by atoms with Crippen LogP contribution in [0.2, 0.25) is 0 Å². The summed E-state index contributed by atoms with van der Waals surface area (Å²) in [7, 11) is 0.480. The monoisotopic (exact) mass is 1110 g/mol. The Kier molecular flexibility index (Phi) is 16.9. The number of hydrogen-bond acceptors (Lipinski definition) is 1. The summed E-state index contributed by atoms with van der Waals surface area (Å²) < 4.78 is 347. The van der Waals surface area contributed by atoms with Crippen molar-refractivity contribution >= 4 is 38.9 Å². The highest BCUT2D eigenvalue weighted by Crippen LogP contribution is 2.41. The van der Waals surface area contributed by atoms with Crippen molar-refractivity contribution in [1.82, 2.24) is 0 Å². The Labute approximate surface area is 407 Å². The summed E-state index contributed by atoms with van der Waals surface area (Å²) in [6.45, 7) is 0. The Morgan fingerprint density at radius 2 is 0.595 bits per heavy atom. The van der Waals surface area contributed by atoms with E-state index in [2.05, 4.69) is 36.8 Å². The van der Waals surface area contributed by atoms with Crippen LogP contribution < -0.4 is 26.6 Å². The molecule has 0 aliphatic heterocycles. The summed E-state index contributed by atoms with van der Waals surface area (Å²) in [5.41, 5.74) is -28.8. The zero-order chi connectivity index (χ0) is 56.0. The first kappa shape index (κ1) is 59.5. The summed E-state index contributed by atoms with van der Waals surface area (Å²) in [4.78, 5) is 0. The lowest BCUT2D eigenvalue weighted by Crippen LogP contribution is -2.75. The van der Waals surface area contributed by atoms with Crippen molar-refractivity contribution in [2.24, 2.45) is 0 Å². The Morgan fingerprint density at radius 3 is 0.797 bits per heavy atom. The molecule has 0 N–H and O–H groups in total. The Hall–Kier alpha value is -5.37. The van der Waals surface area contributed by atoms with Crippen LogP contribution >= 0.6 is 0 Å².